The van der Waals surface area contributed by atoms with E-state index in [-0.39, 0.29) is 29.1 Å². The van der Waals surface area contributed by atoms with Crippen molar-refractivity contribution in [1.29, 1.82) is 0 Å². The second-order valence-corrected chi connectivity index (χ2v) is 9.95. The number of hydrogen-bond donors (Lipinski definition) is 0. The molecular formula is C23H20FN3O3S2. The summed E-state index contributed by atoms with van der Waals surface area (Å²) < 4.78 is 14.7. The number of benzene rings is 1. The number of fused-ring (bicyclic) bond motifs is 3. The van der Waals surface area contributed by atoms with E-state index in [0.29, 0.717) is 23.4 Å². The van der Waals surface area contributed by atoms with Gasteiger partial charge in [-0.3, -0.25) is 23.9 Å². The number of amides is 2. The SMILES string of the molecule is O=C1S/C(=C/c2ccc(F)cc2)C(=O)N1CCCn1cnc2sc3c(c2c1=O)CCCC3. The minimum atomic E-state index is -0.364. The Kier molecular flexibility index (Phi) is 5.69. The van der Waals surface area contributed by atoms with Crippen molar-refractivity contribution in [1.82, 2.24) is 14.5 Å². The van der Waals surface area contributed by atoms with Gasteiger partial charge in [0.05, 0.1) is 16.6 Å². The zero-order chi connectivity index (χ0) is 22.2. The lowest BCUT2D eigenvalue weighted by Crippen LogP contribution is -2.31. The first-order valence-electron chi connectivity index (χ1n) is 10.5. The highest BCUT2D eigenvalue weighted by Crippen LogP contribution is 2.34. The summed E-state index contributed by atoms with van der Waals surface area (Å²) in [6, 6.07) is 5.73. The molecule has 0 bridgehead atoms. The maximum Gasteiger partial charge on any atom is 0.293 e. The molecule has 1 fully saturated rings. The number of aromatic nitrogens is 2. The molecule has 9 heteroatoms. The highest BCUT2D eigenvalue weighted by atomic mass is 32.2. The molecule has 1 aliphatic carbocycles. The summed E-state index contributed by atoms with van der Waals surface area (Å²) in [5, 5.41) is 0.400. The van der Waals surface area contributed by atoms with Gasteiger partial charge in [-0.15, -0.1) is 11.3 Å². The predicted molar refractivity (Wildman–Crippen MR) is 124 cm³/mol. The van der Waals surface area contributed by atoms with E-state index >= 15 is 0 Å². The molecule has 6 nitrogen and oxygen atoms in total. The molecule has 3 aromatic rings. The molecule has 32 heavy (non-hydrogen) atoms. The molecule has 1 saturated heterocycles. The smallest absolute Gasteiger partial charge is 0.293 e. The van der Waals surface area contributed by atoms with Gasteiger partial charge in [0, 0.05) is 18.0 Å². The van der Waals surface area contributed by atoms with Crippen LogP contribution in [0.25, 0.3) is 16.3 Å². The van der Waals surface area contributed by atoms with Crippen molar-refractivity contribution in [2.24, 2.45) is 0 Å². The zero-order valence-electron chi connectivity index (χ0n) is 17.2. The van der Waals surface area contributed by atoms with Gasteiger partial charge in [0.25, 0.3) is 16.7 Å². The van der Waals surface area contributed by atoms with Gasteiger partial charge >= 0.3 is 0 Å². The van der Waals surface area contributed by atoms with E-state index in [1.54, 1.807) is 40.4 Å². The van der Waals surface area contributed by atoms with Crippen LogP contribution in [0.3, 0.4) is 0 Å². The van der Waals surface area contributed by atoms with Crippen molar-refractivity contribution in [3.05, 3.63) is 67.7 Å². The van der Waals surface area contributed by atoms with Gasteiger partial charge in [-0.1, -0.05) is 12.1 Å². The predicted octanol–water partition coefficient (Wildman–Crippen LogP) is 4.60. The molecule has 0 unspecified atom stereocenters. The van der Waals surface area contributed by atoms with Crippen molar-refractivity contribution in [2.45, 2.75) is 38.6 Å². The number of rotatable bonds is 5. The third-order valence-electron chi connectivity index (χ3n) is 5.76. The quantitative estimate of drug-likeness (QED) is 0.511. The maximum absolute atomic E-state index is 13.1. The first-order valence-corrected chi connectivity index (χ1v) is 12.1. The molecule has 3 heterocycles. The molecule has 2 aliphatic rings. The van der Waals surface area contributed by atoms with Crippen molar-refractivity contribution in [3.8, 4) is 0 Å². The number of carbonyl (C=O) groups is 2. The lowest BCUT2D eigenvalue weighted by molar-refractivity contribution is -0.122. The van der Waals surface area contributed by atoms with Crippen molar-refractivity contribution in [2.75, 3.05) is 6.54 Å². The number of nitrogens with zero attached hydrogens (tertiary/aromatic N) is 3. The Bertz CT molecular complexity index is 1310. The summed E-state index contributed by atoms with van der Waals surface area (Å²) >= 11 is 2.49. The summed E-state index contributed by atoms with van der Waals surface area (Å²) in [5.41, 5.74) is 1.77. The van der Waals surface area contributed by atoms with Gasteiger partial charge in [0.1, 0.15) is 10.6 Å². The molecule has 0 N–H and O–H groups in total. The lowest BCUT2D eigenvalue weighted by atomic mass is 9.97. The van der Waals surface area contributed by atoms with Gasteiger partial charge in [0.2, 0.25) is 0 Å². The van der Waals surface area contributed by atoms with E-state index < -0.39 is 0 Å². The summed E-state index contributed by atoms with van der Waals surface area (Å²) in [6.45, 7) is 0.600. The van der Waals surface area contributed by atoms with Crippen LogP contribution in [0.4, 0.5) is 9.18 Å². The maximum atomic E-state index is 13.1. The monoisotopic (exact) mass is 469 g/mol. The van der Waals surface area contributed by atoms with Crippen molar-refractivity contribution in [3.63, 3.8) is 0 Å². The van der Waals surface area contributed by atoms with Crippen LogP contribution >= 0.6 is 23.1 Å². The largest absolute Gasteiger partial charge is 0.299 e. The Balaban J connectivity index is 1.28. The van der Waals surface area contributed by atoms with Gasteiger partial charge < -0.3 is 0 Å². The third-order valence-corrected chi connectivity index (χ3v) is 7.87. The molecule has 0 spiro atoms. The second-order valence-electron chi connectivity index (χ2n) is 7.87. The molecular weight excluding hydrogens is 449 g/mol. The first kappa shape index (κ1) is 21.1. The average molecular weight is 470 g/mol. The Morgan fingerprint density at radius 3 is 2.66 bits per heavy atom. The average Bonchev–Trinajstić information content (AvgIpc) is 3.29. The van der Waals surface area contributed by atoms with E-state index in [9.17, 15) is 18.8 Å². The van der Waals surface area contributed by atoms with Gasteiger partial charge in [0.15, 0.2) is 0 Å². The van der Waals surface area contributed by atoms with Gasteiger partial charge in [-0.2, -0.15) is 0 Å². The summed E-state index contributed by atoms with van der Waals surface area (Å²) in [6.07, 6.45) is 7.80. The van der Waals surface area contributed by atoms with E-state index in [1.165, 1.54) is 21.9 Å². The van der Waals surface area contributed by atoms with E-state index in [2.05, 4.69) is 4.98 Å². The minimum absolute atomic E-state index is 0.0419. The number of thiophene rings is 1. The van der Waals surface area contributed by atoms with E-state index in [4.69, 9.17) is 0 Å². The normalized spacial score (nSPS) is 17.5. The fourth-order valence-electron chi connectivity index (χ4n) is 4.14. The highest BCUT2D eigenvalue weighted by Gasteiger charge is 2.34. The minimum Gasteiger partial charge on any atom is -0.299 e. The molecule has 2 amide bonds. The second kappa shape index (κ2) is 8.63. The number of halogens is 1. The van der Waals surface area contributed by atoms with E-state index in [1.807, 2.05) is 0 Å². The number of hydrogen-bond acceptors (Lipinski definition) is 6. The van der Waals surface area contributed by atoms with Gasteiger partial charge in [-0.25, -0.2) is 9.37 Å². The standard InChI is InChI=1S/C23H20FN3O3S2/c24-15-8-6-14(7-9-15)12-18-21(28)27(23(30)32-18)11-3-10-26-13-25-20-19(22(26)29)16-4-1-2-5-17(16)31-20/h6-9,12-13H,1-5,10-11H2/b18-12+. The molecule has 1 aromatic carbocycles. The number of imide groups is 1. The number of carbonyl (C=O) groups excluding carboxylic acids is 2. The number of thioether (sulfide) groups is 1. The Labute approximate surface area is 191 Å². The van der Waals surface area contributed by atoms with Crippen molar-refractivity contribution < 1.29 is 14.0 Å². The van der Waals surface area contributed by atoms with Crippen molar-refractivity contribution >= 4 is 50.5 Å². The van der Waals surface area contributed by atoms with Crippen LogP contribution in [-0.4, -0.2) is 32.1 Å². The summed E-state index contributed by atoms with van der Waals surface area (Å²) in [7, 11) is 0. The molecule has 2 aromatic heterocycles. The van der Waals surface area contributed by atoms with Gasteiger partial charge in [-0.05, 0) is 73.2 Å². The molecule has 164 valence electrons. The van der Waals surface area contributed by atoms with Crippen LogP contribution in [0.15, 0.2) is 40.3 Å². The molecule has 5 rings (SSSR count). The zero-order valence-corrected chi connectivity index (χ0v) is 18.8. The molecule has 0 saturated carbocycles. The van der Waals surface area contributed by atoms with Crippen LogP contribution < -0.4 is 5.56 Å². The third kappa shape index (κ3) is 3.91. The van der Waals surface area contributed by atoms with Crippen LogP contribution in [0.5, 0.6) is 0 Å². The highest BCUT2D eigenvalue weighted by molar-refractivity contribution is 8.18. The topological polar surface area (TPSA) is 72.3 Å². The molecule has 0 radical (unpaired) electrons. The number of aryl methyl sites for hydroxylation is 3. The fraction of sp³-hybridized carbons (Fsp3) is 0.304. The van der Waals surface area contributed by atoms with Crippen LogP contribution in [0.1, 0.15) is 35.3 Å². The first-order chi connectivity index (χ1) is 15.5. The lowest BCUT2D eigenvalue weighted by Gasteiger charge is -2.13. The van der Waals surface area contributed by atoms with E-state index in [0.717, 1.165) is 53.2 Å². The Morgan fingerprint density at radius 1 is 1.06 bits per heavy atom. The summed E-state index contributed by atoms with van der Waals surface area (Å²) in [4.78, 5) is 46.1. The molecule has 1 aliphatic heterocycles. The molecule has 0 atom stereocenters. The Morgan fingerprint density at radius 2 is 1.84 bits per heavy atom. The van der Waals surface area contributed by atoms with Crippen LogP contribution in [0.2, 0.25) is 0 Å². The Hall–Kier alpha value is -2.78. The summed E-state index contributed by atoms with van der Waals surface area (Å²) in [5.74, 6) is -0.724. The van der Waals surface area contributed by atoms with Crippen LogP contribution in [0, 0.1) is 5.82 Å². The van der Waals surface area contributed by atoms with Crippen LogP contribution in [-0.2, 0) is 24.2 Å². The fourth-order valence-corrected chi connectivity index (χ4v) is 6.23.